The van der Waals surface area contributed by atoms with Crippen molar-refractivity contribution in [3.05, 3.63) is 41.3 Å². The summed E-state index contributed by atoms with van der Waals surface area (Å²) in [6, 6.07) is 7.29. The third-order valence-corrected chi connectivity index (χ3v) is 3.86. The first kappa shape index (κ1) is 15.9. The Kier molecular flexibility index (Phi) is 6.17. The maximum Gasteiger partial charge on any atom is 0.114 e. The SMILES string of the molecule is N/C(=C\N(N)c1ccc(Cl)cc1)NCCN1CCCCC1. The van der Waals surface area contributed by atoms with Crippen LogP contribution in [-0.4, -0.2) is 31.1 Å². The molecule has 0 aliphatic carbocycles. The monoisotopic (exact) mass is 309 g/mol. The predicted molar refractivity (Wildman–Crippen MR) is 88.7 cm³/mol. The van der Waals surface area contributed by atoms with Gasteiger partial charge in [0.15, 0.2) is 0 Å². The number of benzene rings is 1. The van der Waals surface area contributed by atoms with Crippen molar-refractivity contribution in [2.75, 3.05) is 31.2 Å². The minimum Gasteiger partial charge on any atom is -0.384 e. The van der Waals surface area contributed by atoms with Crippen LogP contribution in [0.15, 0.2) is 36.3 Å². The first-order valence-electron chi connectivity index (χ1n) is 7.38. The Balaban J connectivity index is 1.76. The molecule has 0 radical (unpaired) electrons. The summed E-state index contributed by atoms with van der Waals surface area (Å²) in [4.78, 5) is 2.46. The summed E-state index contributed by atoms with van der Waals surface area (Å²) >= 11 is 5.85. The highest BCUT2D eigenvalue weighted by Crippen LogP contribution is 2.15. The van der Waals surface area contributed by atoms with Crippen molar-refractivity contribution in [2.24, 2.45) is 11.6 Å². The van der Waals surface area contributed by atoms with Crippen LogP contribution in [0.1, 0.15) is 19.3 Å². The molecule has 1 saturated heterocycles. The Morgan fingerprint density at radius 1 is 1.24 bits per heavy atom. The second-order valence-electron chi connectivity index (χ2n) is 5.30. The predicted octanol–water partition coefficient (Wildman–Crippen LogP) is 1.85. The highest BCUT2D eigenvalue weighted by Gasteiger charge is 2.08. The van der Waals surface area contributed by atoms with Gasteiger partial charge in [0, 0.05) is 18.1 Å². The first-order valence-corrected chi connectivity index (χ1v) is 7.76. The van der Waals surface area contributed by atoms with E-state index in [-0.39, 0.29) is 0 Å². The number of piperidine rings is 1. The molecule has 5 N–H and O–H groups in total. The van der Waals surface area contributed by atoms with E-state index in [4.69, 9.17) is 23.2 Å². The van der Waals surface area contributed by atoms with Gasteiger partial charge < -0.3 is 16.0 Å². The quantitative estimate of drug-likeness (QED) is 0.552. The van der Waals surface area contributed by atoms with Gasteiger partial charge in [0.25, 0.3) is 0 Å². The van der Waals surface area contributed by atoms with Crippen LogP contribution in [0.5, 0.6) is 0 Å². The lowest BCUT2D eigenvalue weighted by molar-refractivity contribution is 0.231. The minimum absolute atomic E-state index is 0.560. The highest BCUT2D eigenvalue weighted by molar-refractivity contribution is 6.30. The molecule has 0 spiro atoms. The molecule has 0 bridgehead atoms. The maximum absolute atomic E-state index is 5.94. The second kappa shape index (κ2) is 8.12. The molecule has 0 amide bonds. The summed E-state index contributed by atoms with van der Waals surface area (Å²) in [5.41, 5.74) is 6.77. The van der Waals surface area contributed by atoms with Crippen molar-refractivity contribution >= 4 is 17.3 Å². The van der Waals surface area contributed by atoms with E-state index in [1.807, 2.05) is 12.1 Å². The van der Waals surface area contributed by atoms with E-state index in [1.165, 1.54) is 37.4 Å². The summed E-state index contributed by atoms with van der Waals surface area (Å²) in [5.74, 6) is 6.50. The minimum atomic E-state index is 0.560. The van der Waals surface area contributed by atoms with Gasteiger partial charge in [-0.3, -0.25) is 5.01 Å². The number of nitrogens with zero attached hydrogens (tertiary/aromatic N) is 2. The molecule has 5 nitrogen and oxygen atoms in total. The molecule has 1 aliphatic heterocycles. The van der Waals surface area contributed by atoms with Gasteiger partial charge in [-0.05, 0) is 50.2 Å². The fourth-order valence-corrected chi connectivity index (χ4v) is 2.55. The number of anilines is 1. The normalized spacial score (nSPS) is 16.8. The van der Waals surface area contributed by atoms with Crippen LogP contribution in [0.2, 0.25) is 5.02 Å². The first-order chi connectivity index (χ1) is 10.1. The van der Waals surface area contributed by atoms with Gasteiger partial charge in [-0.25, -0.2) is 5.84 Å². The average Bonchev–Trinajstić information content (AvgIpc) is 2.49. The third kappa shape index (κ3) is 5.46. The van der Waals surface area contributed by atoms with Crippen molar-refractivity contribution in [3.63, 3.8) is 0 Å². The van der Waals surface area contributed by atoms with Gasteiger partial charge in [-0.15, -0.1) is 0 Å². The summed E-state index contributed by atoms with van der Waals surface area (Å²) in [5, 5.41) is 5.36. The molecule has 6 heteroatoms. The largest absolute Gasteiger partial charge is 0.384 e. The van der Waals surface area contributed by atoms with E-state index in [0.29, 0.717) is 10.8 Å². The smallest absolute Gasteiger partial charge is 0.114 e. The molecule has 21 heavy (non-hydrogen) atoms. The Morgan fingerprint density at radius 3 is 2.57 bits per heavy atom. The lowest BCUT2D eigenvalue weighted by atomic mass is 10.1. The molecular weight excluding hydrogens is 286 g/mol. The Hall–Kier alpha value is -1.43. The zero-order valence-electron chi connectivity index (χ0n) is 12.3. The third-order valence-electron chi connectivity index (χ3n) is 3.61. The van der Waals surface area contributed by atoms with E-state index < -0.39 is 0 Å². The number of rotatable bonds is 6. The molecule has 0 saturated carbocycles. The lowest BCUT2D eigenvalue weighted by Crippen LogP contribution is -2.37. The molecule has 1 heterocycles. The average molecular weight is 310 g/mol. The molecule has 1 aliphatic rings. The standard InChI is InChI=1S/C15H24ClN5/c16-13-4-6-14(7-5-13)21(18)12-15(17)19-8-11-20-9-2-1-3-10-20/h4-7,12,19H,1-3,8-11,17-18H2/b15-12+. The van der Waals surface area contributed by atoms with Gasteiger partial charge in [0.1, 0.15) is 5.82 Å². The molecule has 1 fully saturated rings. The highest BCUT2D eigenvalue weighted by atomic mass is 35.5. The van der Waals surface area contributed by atoms with E-state index in [9.17, 15) is 0 Å². The van der Waals surface area contributed by atoms with Crippen molar-refractivity contribution in [1.82, 2.24) is 10.2 Å². The van der Waals surface area contributed by atoms with Crippen LogP contribution >= 0.6 is 11.6 Å². The number of halogens is 1. The second-order valence-corrected chi connectivity index (χ2v) is 5.73. The van der Waals surface area contributed by atoms with Crippen LogP contribution in [-0.2, 0) is 0 Å². The number of hydrazine groups is 1. The van der Waals surface area contributed by atoms with Gasteiger partial charge in [-0.2, -0.15) is 0 Å². The topological polar surface area (TPSA) is 70.5 Å². The molecule has 0 unspecified atom stereocenters. The Morgan fingerprint density at radius 2 is 1.90 bits per heavy atom. The molecule has 0 aromatic heterocycles. The number of hydrogen-bond donors (Lipinski definition) is 3. The van der Waals surface area contributed by atoms with Gasteiger partial charge >= 0.3 is 0 Å². The number of nitrogens with one attached hydrogen (secondary N) is 1. The van der Waals surface area contributed by atoms with Gasteiger partial charge in [0.2, 0.25) is 0 Å². The van der Waals surface area contributed by atoms with Crippen LogP contribution in [0.4, 0.5) is 5.69 Å². The number of hydrogen-bond acceptors (Lipinski definition) is 5. The van der Waals surface area contributed by atoms with Crippen LogP contribution in [0.25, 0.3) is 0 Å². The van der Waals surface area contributed by atoms with Crippen LogP contribution < -0.4 is 21.9 Å². The zero-order chi connectivity index (χ0) is 15.1. The Labute approximate surface area is 131 Å². The fraction of sp³-hybridized carbons (Fsp3) is 0.467. The van der Waals surface area contributed by atoms with Crippen molar-refractivity contribution in [3.8, 4) is 0 Å². The van der Waals surface area contributed by atoms with Crippen LogP contribution in [0.3, 0.4) is 0 Å². The van der Waals surface area contributed by atoms with E-state index in [0.717, 1.165) is 18.8 Å². The number of nitrogens with two attached hydrogens (primary N) is 2. The molecule has 1 aromatic carbocycles. The Bertz CT molecular complexity index is 454. The molecule has 2 rings (SSSR count). The van der Waals surface area contributed by atoms with Crippen molar-refractivity contribution in [2.45, 2.75) is 19.3 Å². The van der Waals surface area contributed by atoms with E-state index in [1.54, 1.807) is 18.3 Å². The molecule has 0 atom stereocenters. The summed E-state index contributed by atoms with van der Waals surface area (Å²) in [7, 11) is 0. The summed E-state index contributed by atoms with van der Waals surface area (Å²) in [6.45, 7) is 4.23. The van der Waals surface area contributed by atoms with Crippen molar-refractivity contribution in [1.29, 1.82) is 0 Å². The van der Waals surface area contributed by atoms with E-state index >= 15 is 0 Å². The molecular formula is C15H24ClN5. The lowest BCUT2D eigenvalue weighted by Gasteiger charge is -2.26. The molecule has 1 aromatic rings. The summed E-state index contributed by atoms with van der Waals surface area (Å²) in [6.07, 6.45) is 5.64. The fourth-order valence-electron chi connectivity index (χ4n) is 2.42. The maximum atomic E-state index is 5.94. The van der Waals surface area contributed by atoms with Crippen LogP contribution in [0, 0.1) is 0 Å². The van der Waals surface area contributed by atoms with E-state index in [2.05, 4.69) is 10.2 Å². The van der Waals surface area contributed by atoms with Gasteiger partial charge in [0.05, 0.1) is 11.9 Å². The van der Waals surface area contributed by atoms with Gasteiger partial charge in [-0.1, -0.05) is 18.0 Å². The number of likely N-dealkylation sites (tertiary alicyclic amines) is 1. The summed E-state index contributed by atoms with van der Waals surface area (Å²) < 4.78 is 0. The van der Waals surface area contributed by atoms with Crippen molar-refractivity contribution < 1.29 is 0 Å². The zero-order valence-corrected chi connectivity index (χ0v) is 13.0. The molecule has 116 valence electrons.